The third kappa shape index (κ3) is 2.81. The molecule has 7 heteroatoms. The first-order valence-electron chi connectivity index (χ1n) is 8.33. The second-order valence-corrected chi connectivity index (χ2v) is 6.38. The van der Waals surface area contributed by atoms with Crippen molar-refractivity contribution in [1.82, 2.24) is 14.7 Å². The predicted molar refractivity (Wildman–Crippen MR) is 94.6 cm³/mol. The van der Waals surface area contributed by atoms with Gasteiger partial charge >= 0.3 is 0 Å². The molecule has 0 radical (unpaired) electrons. The number of rotatable bonds is 3. The van der Waals surface area contributed by atoms with E-state index < -0.39 is 5.82 Å². The van der Waals surface area contributed by atoms with Gasteiger partial charge in [0.25, 0.3) is 5.91 Å². The van der Waals surface area contributed by atoms with Crippen LogP contribution in [-0.4, -0.2) is 33.8 Å². The van der Waals surface area contributed by atoms with Crippen molar-refractivity contribution in [3.05, 3.63) is 65.9 Å². The third-order valence-electron chi connectivity index (χ3n) is 4.51. The number of hydrogen-bond donors (Lipinski definition) is 1. The molecule has 2 amide bonds. The molecule has 3 aromatic rings. The highest BCUT2D eigenvalue weighted by molar-refractivity contribution is 5.98. The van der Waals surface area contributed by atoms with Gasteiger partial charge in [0, 0.05) is 25.4 Å². The zero-order valence-electron chi connectivity index (χ0n) is 14.1. The average molecular weight is 352 g/mol. The molecule has 1 saturated heterocycles. The van der Waals surface area contributed by atoms with Gasteiger partial charge in [-0.05, 0) is 30.7 Å². The van der Waals surface area contributed by atoms with Crippen molar-refractivity contribution < 1.29 is 14.0 Å². The second kappa shape index (κ2) is 6.25. The molecule has 1 aliphatic rings. The van der Waals surface area contributed by atoms with Crippen LogP contribution in [0.2, 0.25) is 0 Å². The summed E-state index contributed by atoms with van der Waals surface area (Å²) in [5.74, 6) is -1.02. The van der Waals surface area contributed by atoms with Gasteiger partial charge in [0.15, 0.2) is 0 Å². The molecule has 0 spiro atoms. The van der Waals surface area contributed by atoms with E-state index >= 15 is 0 Å². The van der Waals surface area contributed by atoms with Gasteiger partial charge in [0.05, 0.1) is 11.7 Å². The Morgan fingerprint density at radius 2 is 2.08 bits per heavy atom. The number of anilines is 1. The van der Waals surface area contributed by atoms with E-state index in [1.54, 1.807) is 28.8 Å². The topological polar surface area (TPSA) is 66.7 Å². The summed E-state index contributed by atoms with van der Waals surface area (Å²) in [7, 11) is 0. The van der Waals surface area contributed by atoms with Crippen LogP contribution in [0.1, 0.15) is 22.5 Å². The number of benzene rings is 1. The number of aromatic nitrogens is 2. The minimum atomic E-state index is -0.455. The molecule has 4 rings (SSSR count). The van der Waals surface area contributed by atoms with Crippen LogP contribution in [0, 0.1) is 12.7 Å². The summed E-state index contributed by atoms with van der Waals surface area (Å²) in [6, 6.07) is 9.54. The van der Waals surface area contributed by atoms with Gasteiger partial charge in [-0.1, -0.05) is 18.2 Å². The summed E-state index contributed by atoms with van der Waals surface area (Å²) in [5, 5.41) is 2.83. The number of nitrogens with one attached hydrogen (secondary N) is 1. The quantitative estimate of drug-likeness (QED) is 0.787. The van der Waals surface area contributed by atoms with Crippen LogP contribution in [0.15, 0.2) is 48.8 Å². The molecule has 3 heterocycles. The number of pyridine rings is 1. The summed E-state index contributed by atoms with van der Waals surface area (Å²) < 4.78 is 15.7. The molecule has 1 aliphatic heterocycles. The largest absolute Gasteiger partial charge is 0.346 e. The van der Waals surface area contributed by atoms with Crippen LogP contribution < -0.4 is 10.2 Å². The molecular formula is C19H17FN4O2. The van der Waals surface area contributed by atoms with Gasteiger partial charge in [0.2, 0.25) is 5.91 Å². The van der Waals surface area contributed by atoms with E-state index in [0.29, 0.717) is 5.65 Å². The van der Waals surface area contributed by atoms with Crippen LogP contribution in [0.3, 0.4) is 0 Å². The lowest BCUT2D eigenvalue weighted by molar-refractivity contribution is -0.117. The average Bonchev–Trinajstić information content (AvgIpc) is 3.20. The minimum absolute atomic E-state index is 0.131. The zero-order valence-corrected chi connectivity index (χ0v) is 14.1. The van der Waals surface area contributed by atoms with E-state index in [2.05, 4.69) is 10.3 Å². The summed E-state index contributed by atoms with van der Waals surface area (Å²) in [5.41, 5.74) is 2.20. The molecule has 1 aromatic carbocycles. The van der Waals surface area contributed by atoms with Crippen molar-refractivity contribution in [2.45, 2.75) is 19.4 Å². The first-order valence-corrected chi connectivity index (χ1v) is 8.33. The molecule has 1 fully saturated rings. The van der Waals surface area contributed by atoms with Crippen molar-refractivity contribution in [3.8, 4) is 0 Å². The highest BCUT2D eigenvalue weighted by atomic mass is 19.1. The van der Waals surface area contributed by atoms with Gasteiger partial charge in [-0.3, -0.25) is 9.59 Å². The highest BCUT2D eigenvalue weighted by Crippen LogP contribution is 2.24. The van der Waals surface area contributed by atoms with E-state index in [0.717, 1.165) is 5.56 Å². The zero-order chi connectivity index (χ0) is 18.3. The van der Waals surface area contributed by atoms with Crippen molar-refractivity contribution in [2.75, 3.05) is 11.4 Å². The summed E-state index contributed by atoms with van der Waals surface area (Å²) in [6.45, 7) is 2.16. The number of amides is 2. The lowest BCUT2D eigenvalue weighted by atomic mass is 10.2. The Morgan fingerprint density at radius 1 is 1.27 bits per heavy atom. The second-order valence-electron chi connectivity index (χ2n) is 6.38. The van der Waals surface area contributed by atoms with E-state index in [9.17, 15) is 14.0 Å². The molecule has 0 aliphatic carbocycles. The standard InChI is InChI=1S/C19H17FN4O2/c1-12-5-4-8-23-11-15(22-18(12)23)19(26)21-13-9-17(25)24(10-13)16-7-3-2-6-14(16)20/h2-8,11,13H,9-10H2,1H3,(H,21,26)/t13-/m1/s1. The molecule has 0 unspecified atom stereocenters. The molecule has 1 atom stereocenters. The van der Waals surface area contributed by atoms with Crippen LogP contribution in [-0.2, 0) is 4.79 Å². The molecule has 0 saturated carbocycles. The Kier molecular flexibility index (Phi) is 3.91. The first-order chi connectivity index (χ1) is 12.5. The molecule has 6 nitrogen and oxygen atoms in total. The predicted octanol–water partition coefficient (Wildman–Crippen LogP) is 2.32. The lowest BCUT2D eigenvalue weighted by Gasteiger charge is -2.17. The molecule has 1 N–H and O–H groups in total. The maximum Gasteiger partial charge on any atom is 0.271 e. The van der Waals surface area contributed by atoms with Crippen LogP contribution >= 0.6 is 0 Å². The molecular weight excluding hydrogens is 335 g/mol. The fraction of sp³-hybridized carbons (Fsp3) is 0.211. The number of para-hydroxylation sites is 1. The summed E-state index contributed by atoms with van der Waals surface area (Å²) in [4.78, 5) is 30.5. The van der Waals surface area contributed by atoms with Crippen molar-refractivity contribution in [2.24, 2.45) is 0 Å². The normalized spacial score (nSPS) is 17.1. The van der Waals surface area contributed by atoms with E-state index in [4.69, 9.17) is 0 Å². The Labute approximate surface area is 149 Å². The Bertz CT molecular complexity index is 1010. The van der Waals surface area contributed by atoms with Crippen LogP contribution in [0.25, 0.3) is 5.65 Å². The van der Waals surface area contributed by atoms with Gasteiger partial charge in [-0.2, -0.15) is 0 Å². The lowest BCUT2D eigenvalue weighted by Crippen LogP contribution is -2.37. The number of carbonyl (C=O) groups is 2. The van der Waals surface area contributed by atoms with Crippen molar-refractivity contribution in [3.63, 3.8) is 0 Å². The fourth-order valence-corrected chi connectivity index (χ4v) is 3.23. The Balaban J connectivity index is 1.50. The van der Waals surface area contributed by atoms with Crippen molar-refractivity contribution >= 4 is 23.1 Å². The summed E-state index contributed by atoms with van der Waals surface area (Å²) in [6.07, 6.45) is 3.61. The number of carbonyl (C=O) groups excluding carboxylic acids is 2. The smallest absolute Gasteiger partial charge is 0.271 e. The van der Waals surface area contributed by atoms with Crippen LogP contribution in [0.5, 0.6) is 0 Å². The molecule has 0 bridgehead atoms. The number of halogens is 1. The number of nitrogens with zero attached hydrogens (tertiary/aromatic N) is 3. The van der Waals surface area contributed by atoms with Gasteiger partial charge < -0.3 is 14.6 Å². The molecule has 2 aromatic heterocycles. The van der Waals surface area contributed by atoms with Gasteiger partial charge in [-0.25, -0.2) is 9.37 Å². The number of imidazole rings is 1. The Morgan fingerprint density at radius 3 is 2.85 bits per heavy atom. The van der Waals surface area contributed by atoms with E-state index in [-0.39, 0.29) is 42.2 Å². The van der Waals surface area contributed by atoms with E-state index in [1.165, 1.54) is 11.0 Å². The maximum absolute atomic E-state index is 13.9. The number of aryl methyl sites for hydroxylation is 1. The van der Waals surface area contributed by atoms with Gasteiger partial charge in [0.1, 0.15) is 17.2 Å². The summed E-state index contributed by atoms with van der Waals surface area (Å²) >= 11 is 0. The first kappa shape index (κ1) is 16.3. The molecule has 26 heavy (non-hydrogen) atoms. The third-order valence-corrected chi connectivity index (χ3v) is 4.51. The number of fused-ring (bicyclic) bond motifs is 1. The maximum atomic E-state index is 13.9. The highest BCUT2D eigenvalue weighted by Gasteiger charge is 2.33. The van der Waals surface area contributed by atoms with Crippen LogP contribution in [0.4, 0.5) is 10.1 Å². The minimum Gasteiger partial charge on any atom is -0.346 e. The number of hydrogen-bond acceptors (Lipinski definition) is 3. The Hall–Kier alpha value is -3.22. The molecule has 132 valence electrons. The van der Waals surface area contributed by atoms with E-state index in [1.807, 2.05) is 25.3 Å². The van der Waals surface area contributed by atoms with Gasteiger partial charge in [-0.15, -0.1) is 0 Å². The monoisotopic (exact) mass is 352 g/mol. The van der Waals surface area contributed by atoms with Crippen molar-refractivity contribution in [1.29, 1.82) is 0 Å². The fourth-order valence-electron chi connectivity index (χ4n) is 3.23. The SMILES string of the molecule is Cc1cccn2cc(C(=O)N[C@@H]3CC(=O)N(c4ccccc4F)C3)nc12.